The van der Waals surface area contributed by atoms with E-state index in [1.54, 1.807) is 0 Å². The number of fused-ring (bicyclic) bond motifs is 10. The molecule has 506 valence electrons. The molecule has 18 rings (SSSR count). The summed E-state index contributed by atoms with van der Waals surface area (Å²) in [6.45, 7) is 16.1. The molecule has 0 aliphatic heterocycles. The van der Waals surface area contributed by atoms with Crippen LogP contribution in [0.5, 0.6) is 0 Å². The lowest BCUT2D eigenvalue weighted by Gasteiger charge is -2.31. The molecule has 0 atom stereocenters. The average molecular weight is 1350 g/mol. The van der Waals surface area contributed by atoms with E-state index in [-0.39, 0.29) is 10.8 Å². The Morgan fingerprint density at radius 1 is 0.219 bits per heavy atom. The fraction of sp³-hybridized carbons (Fsp3) is 0.0891. The van der Waals surface area contributed by atoms with E-state index < -0.39 is 0 Å². The summed E-state index contributed by atoms with van der Waals surface area (Å²) < 4.78 is 0. The van der Waals surface area contributed by atoms with Crippen LogP contribution in [-0.2, 0) is 10.8 Å². The van der Waals surface area contributed by atoms with Crippen LogP contribution in [0, 0.1) is 20.8 Å². The first kappa shape index (κ1) is 65.5. The quantitative estimate of drug-likeness (QED) is 0.101. The number of hydrogen-bond acceptors (Lipinski definition) is 4. The summed E-state index contributed by atoms with van der Waals surface area (Å²) in [5.41, 5.74) is 30.6. The van der Waals surface area contributed by atoms with Crippen LogP contribution < -0.4 is 19.6 Å². The van der Waals surface area contributed by atoms with Crippen LogP contribution in [0.3, 0.4) is 0 Å². The number of para-hydroxylation sites is 4. The van der Waals surface area contributed by atoms with Gasteiger partial charge >= 0.3 is 0 Å². The zero-order chi connectivity index (χ0) is 71.3. The van der Waals surface area contributed by atoms with E-state index in [1.807, 2.05) is 0 Å². The van der Waals surface area contributed by atoms with Gasteiger partial charge in [-0.2, -0.15) is 0 Å². The number of rotatable bonds is 14. The molecule has 0 saturated heterocycles. The van der Waals surface area contributed by atoms with E-state index in [4.69, 9.17) is 0 Å². The molecule has 4 heteroatoms. The molecule has 0 saturated carbocycles. The summed E-state index contributed by atoms with van der Waals surface area (Å²) in [4.78, 5) is 9.42. The summed E-state index contributed by atoms with van der Waals surface area (Å²) in [6, 6.07) is 130. The Bertz CT molecular complexity index is 5610. The third-order valence-electron chi connectivity index (χ3n) is 21.6. The number of benzene rings is 16. The second-order valence-corrected chi connectivity index (χ2v) is 29.2. The van der Waals surface area contributed by atoms with E-state index in [0.29, 0.717) is 0 Å². The Morgan fingerprint density at radius 3 is 0.981 bits per heavy atom. The van der Waals surface area contributed by atoms with Crippen molar-refractivity contribution in [3.05, 3.63) is 408 Å². The number of nitrogens with zero attached hydrogens (tertiary/aromatic N) is 4. The smallest absolute Gasteiger partial charge is 0.0543 e. The van der Waals surface area contributed by atoms with Gasteiger partial charge in [-0.3, -0.25) is 0 Å². The molecule has 4 nitrogen and oxygen atoms in total. The van der Waals surface area contributed by atoms with Crippen molar-refractivity contribution in [1.29, 1.82) is 0 Å². The minimum absolute atomic E-state index is 0.0630. The minimum Gasteiger partial charge on any atom is -0.311 e. The highest BCUT2D eigenvalue weighted by molar-refractivity contribution is 6.11. The van der Waals surface area contributed by atoms with E-state index in [1.165, 1.54) is 110 Å². The van der Waals surface area contributed by atoms with Gasteiger partial charge in [0.05, 0.1) is 5.69 Å². The number of aryl methyl sites for hydroxylation is 3. The maximum atomic E-state index is 2.54. The predicted molar refractivity (Wildman–Crippen MR) is 449 cm³/mol. The molecule has 0 radical (unpaired) electrons. The monoisotopic (exact) mass is 1350 g/mol. The fourth-order valence-corrected chi connectivity index (χ4v) is 16.0. The zero-order valence-corrected chi connectivity index (χ0v) is 60.5. The van der Waals surface area contributed by atoms with Crippen LogP contribution in [0.1, 0.15) is 77.8 Å². The normalized spacial score (nSPS) is 12.8. The molecule has 16 aromatic rings. The third kappa shape index (κ3) is 12.4. The largest absolute Gasteiger partial charge is 0.311 e. The van der Waals surface area contributed by atoms with Crippen LogP contribution >= 0.6 is 0 Å². The molecular formula is C101H82N4. The average Bonchev–Trinajstić information content (AvgIpc) is 1.53. The standard InChI is InChI=1S/C55H48N2.C46H34N2/c1-35-16-22-38(23-17-35)56(39-24-18-36(2)19-25-39)40-28-30-42(31-29-40)57(41-26-20-37(3)21-27-41)52-34-51-53(45-14-9-8-13-44(45)52)47-33-49-46(32-50(47)55(51,6)7)43-12-10-11-15-48(43)54(49,4)5;1-5-13-41(14-6-1)47(42-15-7-2-8-16-42)45-29-27-37-31-35(23-25-39(37)33-45)21-22-36-24-26-40-34-46(30-28-38(40)32-36)48(43-17-9-3-10-18-43)44-19-11-4-12-20-44/h8-34H,1-7H3;1-34H/b;22-21+. The first-order valence-electron chi connectivity index (χ1n) is 36.6. The van der Waals surface area contributed by atoms with Crippen molar-refractivity contribution in [2.75, 3.05) is 19.6 Å². The highest BCUT2D eigenvalue weighted by Gasteiger charge is 2.43. The summed E-state index contributed by atoms with van der Waals surface area (Å²) in [7, 11) is 0. The van der Waals surface area contributed by atoms with E-state index >= 15 is 0 Å². The SMILES string of the molecule is C(=C\c1ccc2cc(N(c3ccccc3)c3ccccc3)ccc2c1)/c1ccc2cc(N(c3ccccc3)c3ccccc3)ccc2c1.Cc1ccc(N(c2ccc(C)cc2)c2ccc(N(c3ccc(C)cc3)c3cc4c(c5ccccc35)-c3cc5c(cc3C4(C)C)-c3ccccc3C5(C)C)cc2)cc1. The van der Waals surface area contributed by atoms with Gasteiger partial charge in [-0.15, -0.1) is 0 Å². The Morgan fingerprint density at radius 2 is 0.533 bits per heavy atom. The Hall–Kier alpha value is -12.8. The van der Waals surface area contributed by atoms with Crippen LogP contribution in [-0.4, -0.2) is 0 Å². The Balaban J connectivity index is 0.000000157. The minimum atomic E-state index is -0.203. The second kappa shape index (κ2) is 27.2. The maximum Gasteiger partial charge on any atom is 0.0543 e. The molecule has 105 heavy (non-hydrogen) atoms. The van der Waals surface area contributed by atoms with Crippen LogP contribution in [0.4, 0.5) is 68.2 Å². The van der Waals surface area contributed by atoms with Crippen molar-refractivity contribution >= 4 is 113 Å². The number of anilines is 12. The molecule has 0 aromatic heterocycles. The van der Waals surface area contributed by atoms with Gasteiger partial charge in [0.15, 0.2) is 0 Å². The lowest BCUT2D eigenvalue weighted by molar-refractivity contribution is 0.652. The molecule has 0 N–H and O–H groups in total. The van der Waals surface area contributed by atoms with E-state index in [9.17, 15) is 0 Å². The van der Waals surface area contributed by atoms with E-state index in [2.05, 4.69) is 438 Å². The van der Waals surface area contributed by atoms with Gasteiger partial charge in [-0.25, -0.2) is 0 Å². The Kier molecular flexibility index (Phi) is 17.0. The zero-order valence-electron chi connectivity index (χ0n) is 60.5. The molecule has 0 spiro atoms. The first-order chi connectivity index (χ1) is 51.3. The number of hydrogen-bond donors (Lipinski definition) is 0. The summed E-state index contributed by atoms with van der Waals surface area (Å²) in [6.07, 6.45) is 4.41. The molecule has 0 bridgehead atoms. The van der Waals surface area contributed by atoms with Crippen molar-refractivity contribution in [2.24, 2.45) is 0 Å². The fourth-order valence-electron chi connectivity index (χ4n) is 16.0. The topological polar surface area (TPSA) is 13.0 Å². The molecule has 0 amide bonds. The van der Waals surface area contributed by atoms with Crippen molar-refractivity contribution in [3.63, 3.8) is 0 Å². The molecule has 2 aliphatic carbocycles. The van der Waals surface area contributed by atoms with Gasteiger partial charge in [0.1, 0.15) is 0 Å². The maximum absolute atomic E-state index is 2.54. The highest BCUT2D eigenvalue weighted by atomic mass is 15.2. The lowest BCUT2D eigenvalue weighted by Crippen LogP contribution is -2.18. The molecular weight excluding hydrogens is 1270 g/mol. The molecule has 0 unspecified atom stereocenters. The van der Waals surface area contributed by atoms with Crippen molar-refractivity contribution < 1.29 is 0 Å². The van der Waals surface area contributed by atoms with Crippen LogP contribution in [0.2, 0.25) is 0 Å². The summed E-state index contributed by atoms with van der Waals surface area (Å²) in [5, 5.41) is 7.40. The predicted octanol–water partition coefficient (Wildman–Crippen LogP) is 28.4. The summed E-state index contributed by atoms with van der Waals surface area (Å²) in [5.74, 6) is 0. The second-order valence-electron chi connectivity index (χ2n) is 29.2. The van der Waals surface area contributed by atoms with Gasteiger partial charge in [0, 0.05) is 78.8 Å². The van der Waals surface area contributed by atoms with Crippen LogP contribution in [0.15, 0.2) is 358 Å². The molecule has 16 aromatic carbocycles. The molecule has 2 aliphatic rings. The van der Waals surface area contributed by atoms with Crippen LogP contribution in [0.25, 0.3) is 66.7 Å². The van der Waals surface area contributed by atoms with Gasteiger partial charge < -0.3 is 19.6 Å². The Labute approximate surface area is 618 Å². The third-order valence-corrected chi connectivity index (χ3v) is 21.6. The lowest BCUT2D eigenvalue weighted by atomic mass is 9.79. The van der Waals surface area contributed by atoms with Gasteiger partial charge in [0.25, 0.3) is 0 Å². The van der Waals surface area contributed by atoms with Gasteiger partial charge in [-0.05, 0) is 267 Å². The summed E-state index contributed by atoms with van der Waals surface area (Å²) >= 11 is 0. The first-order valence-corrected chi connectivity index (χ1v) is 36.6. The van der Waals surface area contributed by atoms with Gasteiger partial charge in [-0.1, -0.05) is 251 Å². The highest BCUT2D eigenvalue weighted by Crippen LogP contribution is 2.59. The molecule has 0 heterocycles. The van der Waals surface area contributed by atoms with Gasteiger partial charge in [0.2, 0.25) is 0 Å². The van der Waals surface area contributed by atoms with Crippen molar-refractivity contribution in [2.45, 2.75) is 59.3 Å². The van der Waals surface area contributed by atoms with Crippen molar-refractivity contribution in [3.8, 4) is 22.3 Å². The molecule has 0 fully saturated rings. The van der Waals surface area contributed by atoms with Crippen molar-refractivity contribution in [1.82, 2.24) is 0 Å². The van der Waals surface area contributed by atoms with E-state index in [0.717, 1.165) is 62.6 Å².